The molecule has 0 aliphatic heterocycles. The number of rotatable bonds is 8. The van der Waals surface area contributed by atoms with E-state index in [4.69, 9.17) is 16.3 Å². The van der Waals surface area contributed by atoms with Gasteiger partial charge in [0.25, 0.3) is 11.8 Å². The van der Waals surface area contributed by atoms with Crippen LogP contribution in [0.4, 0.5) is 5.69 Å². The van der Waals surface area contributed by atoms with E-state index in [1.807, 2.05) is 14.0 Å². The summed E-state index contributed by atoms with van der Waals surface area (Å²) in [6.45, 7) is 2.47. The number of likely N-dealkylation sites (N-methyl/N-ethyl adjacent to an activating group) is 1. The minimum absolute atomic E-state index is 0.0277. The number of nitrogens with one attached hydrogen (secondary N) is 3. The van der Waals surface area contributed by atoms with Crippen molar-refractivity contribution in [3.8, 4) is 5.75 Å². The molecule has 2 amide bonds. The molecule has 0 saturated heterocycles. The Bertz CT molecular complexity index is 605. The molecule has 0 heterocycles. The summed E-state index contributed by atoms with van der Waals surface area (Å²) < 4.78 is 5.20. The fraction of sp³-hybridized carbons (Fsp3) is 0.529. The molecule has 0 radical (unpaired) electrons. The molecule has 1 unspecified atom stereocenters. The number of anilines is 1. The zero-order chi connectivity index (χ0) is 17.7. The summed E-state index contributed by atoms with van der Waals surface area (Å²) in [7, 11) is 3.35. The van der Waals surface area contributed by atoms with Crippen molar-refractivity contribution in [3.05, 3.63) is 23.2 Å². The highest BCUT2D eigenvalue weighted by Crippen LogP contribution is 2.32. The van der Waals surface area contributed by atoms with Crippen molar-refractivity contribution in [2.45, 2.75) is 25.8 Å². The lowest BCUT2D eigenvalue weighted by atomic mass is 10.2. The van der Waals surface area contributed by atoms with Gasteiger partial charge >= 0.3 is 0 Å². The third-order valence-electron chi connectivity index (χ3n) is 4.08. The monoisotopic (exact) mass is 354 g/mol. The maximum Gasteiger partial charge on any atom is 0.279 e. The maximum atomic E-state index is 12.2. The summed E-state index contributed by atoms with van der Waals surface area (Å²) >= 11 is 5.95. The Kier molecular flexibility index (Phi) is 6.45. The second-order valence-electron chi connectivity index (χ2n) is 6.40. The van der Waals surface area contributed by atoms with E-state index in [2.05, 4.69) is 10.6 Å². The van der Waals surface area contributed by atoms with Crippen LogP contribution in [0.15, 0.2) is 18.2 Å². The molecule has 132 valence electrons. The quantitative estimate of drug-likeness (QED) is 0.644. The highest BCUT2D eigenvalue weighted by Gasteiger charge is 2.29. The average molecular weight is 355 g/mol. The number of quaternary nitrogens is 1. The van der Waals surface area contributed by atoms with Gasteiger partial charge in [0.15, 0.2) is 13.1 Å². The fourth-order valence-corrected chi connectivity index (χ4v) is 2.77. The molecule has 1 fully saturated rings. The molecule has 0 spiro atoms. The normalized spacial score (nSPS) is 16.2. The molecule has 0 aromatic heterocycles. The van der Waals surface area contributed by atoms with Gasteiger partial charge in [-0.15, -0.1) is 0 Å². The van der Waals surface area contributed by atoms with Crippen LogP contribution in [0.1, 0.15) is 19.8 Å². The third-order valence-corrected chi connectivity index (χ3v) is 4.31. The highest BCUT2D eigenvalue weighted by atomic mass is 35.5. The number of benzene rings is 1. The molecule has 1 saturated carbocycles. The molecule has 3 N–H and O–H groups in total. The molecule has 1 aliphatic rings. The van der Waals surface area contributed by atoms with Gasteiger partial charge in [-0.05, 0) is 43.9 Å². The Balaban J connectivity index is 1.80. The lowest BCUT2D eigenvalue weighted by Crippen LogP contribution is -3.11. The van der Waals surface area contributed by atoms with Gasteiger partial charge in [-0.25, -0.2) is 0 Å². The van der Waals surface area contributed by atoms with E-state index in [9.17, 15) is 9.59 Å². The molecule has 2 atom stereocenters. The second kappa shape index (κ2) is 8.35. The third kappa shape index (κ3) is 5.69. The van der Waals surface area contributed by atoms with Crippen LogP contribution in [-0.2, 0) is 9.59 Å². The Morgan fingerprint density at radius 1 is 1.33 bits per heavy atom. The SMILES string of the molecule is COc1ccc(Cl)cc1NC(=O)C[NH+](C)CC(=O)N[C@@H](C)C1CC1. The van der Waals surface area contributed by atoms with Gasteiger partial charge in [0.1, 0.15) is 5.75 Å². The van der Waals surface area contributed by atoms with Crippen LogP contribution in [0.2, 0.25) is 5.02 Å². The number of halogens is 1. The molecule has 0 bridgehead atoms. The Morgan fingerprint density at radius 2 is 2.00 bits per heavy atom. The van der Waals surface area contributed by atoms with Gasteiger partial charge in [0, 0.05) is 11.1 Å². The smallest absolute Gasteiger partial charge is 0.279 e. The van der Waals surface area contributed by atoms with Crippen molar-refractivity contribution < 1.29 is 19.2 Å². The van der Waals surface area contributed by atoms with Crippen molar-refractivity contribution in [2.75, 3.05) is 32.6 Å². The summed E-state index contributed by atoms with van der Waals surface area (Å²) in [6.07, 6.45) is 2.38. The van der Waals surface area contributed by atoms with Crippen molar-refractivity contribution in [1.29, 1.82) is 0 Å². The lowest BCUT2D eigenvalue weighted by molar-refractivity contribution is -0.862. The number of hydrogen-bond donors (Lipinski definition) is 3. The number of hydrogen-bond acceptors (Lipinski definition) is 3. The molecular formula is C17H25ClN3O3+. The minimum atomic E-state index is -0.198. The van der Waals surface area contributed by atoms with Gasteiger partial charge < -0.3 is 20.3 Å². The molecule has 2 rings (SSSR count). The zero-order valence-electron chi connectivity index (χ0n) is 14.3. The minimum Gasteiger partial charge on any atom is -0.495 e. The van der Waals surface area contributed by atoms with Crippen LogP contribution in [0, 0.1) is 5.92 Å². The first-order valence-corrected chi connectivity index (χ1v) is 8.51. The number of ether oxygens (including phenoxy) is 1. The van der Waals surface area contributed by atoms with E-state index in [-0.39, 0.29) is 30.9 Å². The molecule has 7 heteroatoms. The van der Waals surface area contributed by atoms with Gasteiger partial charge in [-0.3, -0.25) is 9.59 Å². The van der Waals surface area contributed by atoms with Crippen molar-refractivity contribution in [1.82, 2.24) is 5.32 Å². The summed E-state index contributed by atoms with van der Waals surface area (Å²) in [5, 5.41) is 6.28. The van der Waals surface area contributed by atoms with Crippen molar-refractivity contribution in [3.63, 3.8) is 0 Å². The maximum absolute atomic E-state index is 12.2. The molecule has 1 aliphatic carbocycles. The predicted octanol–water partition coefficient (Wildman–Crippen LogP) is 0.717. The van der Waals surface area contributed by atoms with Gasteiger partial charge in [-0.2, -0.15) is 0 Å². The number of carbonyl (C=O) groups is 2. The lowest BCUT2D eigenvalue weighted by Gasteiger charge is -2.17. The highest BCUT2D eigenvalue weighted by molar-refractivity contribution is 6.31. The number of carbonyl (C=O) groups excluding carboxylic acids is 2. The van der Waals surface area contributed by atoms with E-state index >= 15 is 0 Å². The molecule has 1 aromatic carbocycles. The fourth-order valence-electron chi connectivity index (χ4n) is 2.60. The number of methoxy groups -OCH3 is 1. The van der Waals surface area contributed by atoms with Gasteiger partial charge in [0.05, 0.1) is 19.8 Å². The van der Waals surface area contributed by atoms with Crippen LogP contribution in [0.3, 0.4) is 0 Å². The first kappa shape index (κ1) is 18.5. The van der Waals surface area contributed by atoms with Gasteiger partial charge in [-0.1, -0.05) is 11.6 Å². The van der Waals surface area contributed by atoms with Crippen LogP contribution < -0.4 is 20.3 Å². The van der Waals surface area contributed by atoms with Crippen LogP contribution in [0.25, 0.3) is 0 Å². The van der Waals surface area contributed by atoms with E-state index in [1.165, 1.54) is 20.0 Å². The predicted molar refractivity (Wildman–Crippen MR) is 93.6 cm³/mol. The van der Waals surface area contributed by atoms with Crippen LogP contribution in [0.5, 0.6) is 5.75 Å². The van der Waals surface area contributed by atoms with Gasteiger partial charge in [0.2, 0.25) is 0 Å². The molecule has 24 heavy (non-hydrogen) atoms. The van der Waals surface area contributed by atoms with E-state index in [0.717, 1.165) is 4.90 Å². The Morgan fingerprint density at radius 3 is 2.62 bits per heavy atom. The molecule has 6 nitrogen and oxygen atoms in total. The topological polar surface area (TPSA) is 71.9 Å². The van der Waals surface area contributed by atoms with E-state index in [0.29, 0.717) is 22.4 Å². The average Bonchev–Trinajstić information content (AvgIpc) is 3.31. The van der Waals surface area contributed by atoms with Crippen LogP contribution >= 0.6 is 11.6 Å². The first-order chi connectivity index (χ1) is 11.4. The zero-order valence-corrected chi connectivity index (χ0v) is 15.1. The summed E-state index contributed by atoms with van der Waals surface area (Å²) in [6, 6.07) is 5.24. The summed E-state index contributed by atoms with van der Waals surface area (Å²) in [4.78, 5) is 25.0. The standard InChI is InChI=1S/C17H24ClN3O3/c1-11(12-4-5-12)19-16(22)9-21(2)10-17(23)20-14-8-13(18)6-7-15(14)24-3/h6-8,11-12H,4-5,9-10H2,1-3H3,(H,19,22)(H,20,23)/p+1/t11-/m0/s1. The molecular weight excluding hydrogens is 330 g/mol. The van der Waals surface area contributed by atoms with E-state index in [1.54, 1.807) is 18.2 Å². The summed E-state index contributed by atoms with van der Waals surface area (Å²) in [5.74, 6) is 0.936. The summed E-state index contributed by atoms with van der Waals surface area (Å²) in [5.41, 5.74) is 0.523. The number of amides is 2. The Hall–Kier alpha value is -1.79. The van der Waals surface area contributed by atoms with Crippen LogP contribution in [-0.4, -0.2) is 45.1 Å². The van der Waals surface area contributed by atoms with Crippen molar-refractivity contribution >= 4 is 29.1 Å². The van der Waals surface area contributed by atoms with E-state index < -0.39 is 0 Å². The second-order valence-corrected chi connectivity index (χ2v) is 6.83. The first-order valence-electron chi connectivity index (χ1n) is 8.13. The van der Waals surface area contributed by atoms with Crippen molar-refractivity contribution in [2.24, 2.45) is 5.92 Å². The Labute approximate surface area is 147 Å². The molecule has 1 aromatic rings. The largest absolute Gasteiger partial charge is 0.495 e.